The van der Waals surface area contributed by atoms with Gasteiger partial charge in [-0.3, -0.25) is 9.36 Å². The van der Waals surface area contributed by atoms with E-state index in [0.717, 1.165) is 19.5 Å². The number of halogens is 1. The van der Waals surface area contributed by atoms with Gasteiger partial charge in [-0.1, -0.05) is 6.42 Å². The summed E-state index contributed by atoms with van der Waals surface area (Å²) in [5, 5.41) is 3.42. The van der Waals surface area contributed by atoms with Crippen LogP contribution in [0, 0.1) is 3.57 Å². The van der Waals surface area contributed by atoms with E-state index >= 15 is 0 Å². The van der Waals surface area contributed by atoms with Crippen molar-refractivity contribution >= 4 is 22.6 Å². The summed E-state index contributed by atoms with van der Waals surface area (Å²) in [4.78, 5) is 15.8. The van der Waals surface area contributed by atoms with Crippen molar-refractivity contribution in [3.8, 4) is 0 Å². The maximum Gasteiger partial charge on any atom is 0.266 e. The molecule has 82 valence electrons. The van der Waals surface area contributed by atoms with Crippen LogP contribution in [0.25, 0.3) is 0 Å². The molecule has 0 aromatic carbocycles. The highest BCUT2D eigenvalue weighted by molar-refractivity contribution is 14.1. The summed E-state index contributed by atoms with van der Waals surface area (Å²) in [6.07, 6.45) is 6.88. The summed E-state index contributed by atoms with van der Waals surface area (Å²) < 4.78 is 2.39. The highest BCUT2D eigenvalue weighted by Gasteiger charge is 2.13. The van der Waals surface area contributed by atoms with E-state index in [1.54, 1.807) is 17.1 Å². The van der Waals surface area contributed by atoms with Gasteiger partial charge in [-0.2, -0.15) is 0 Å². The molecule has 1 aliphatic heterocycles. The number of rotatable bonds is 2. The van der Waals surface area contributed by atoms with Crippen molar-refractivity contribution in [1.82, 2.24) is 14.9 Å². The monoisotopic (exact) mass is 319 g/mol. The summed E-state index contributed by atoms with van der Waals surface area (Å²) in [5.74, 6) is 0. The third kappa shape index (κ3) is 2.78. The first kappa shape index (κ1) is 11.1. The molecule has 0 aliphatic carbocycles. The molecule has 2 heterocycles. The number of aromatic nitrogens is 2. The van der Waals surface area contributed by atoms with Crippen LogP contribution in [0.2, 0.25) is 0 Å². The van der Waals surface area contributed by atoms with Crippen LogP contribution in [0.5, 0.6) is 0 Å². The van der Waals surface area contributed by atoms with Crippen LogP contribution >= 0.6 is 22.6 Å². The van der Waals surface area contributed by atoms with Crippen LogP contribution in [-0.4, -0.2) is 22.1 Å². The minimum Gasteiger partial charge on any atom is -0.312 e. The number of hydrogen-bond acceptors (Lipinski definition) is 3. The van der Waals surface area contributed by atoms with Gasteiger partial charge >= 0.3 is 0 Å². The fourth-order valence-electron chi connectivity index (χ4n) is 1.87. The van der Waals surface area contributed by atoms with Crippen molar-refractivity contribution < 1.29 is 0 Å². The minimum absolute atomic E-state index is 0.0676. The zero-order valence-electron chi connectivity index (χ0n) is 8.45. The molecule has 0 amide bonds. The van der Waals surface area contributed by atoms with E-state index < -0.39 is 0 Å². The van der Waals surface area contributed by atoms with Gasteiger partial charge in [-0.15, -0.1) is 0 Å². The van der Waals surface area contributed by atoms with Crippen molar-refractivity contribution in [3.63, 3.8) is 0 Å². The van der Waals surface area contributed by atoms with Crippen LogP contribution in [0.4, 0.5) is 0 Å². The third-order valence-electron chi connectivity index (χ3n) is 2.69. The van der Waals surface area contributed by atoms with Gasteiger partial charge < -0.3 is 5.32 Å². The topological polar surface area (TPSA) is 46.9 Å². The Hall–Kier alpha value is -0.430. The fourth-order valence-corrected chi connectivity index (χ4v) is 2.34. The van der Waals surface area contributed by atoms with E-state index in [2.05, 4.69) is 10.3 Å². The predicted octanol–water partition coefficient (Wildman–Crippen LogP) is 0.990. The molecule has 1 aromatic rings. The lowest BCUT2D eigenvalue weighted by Crippen LogP contribution is -2.40. The van der Waals surface area contributed by atoms with Crippen molar-refractivity contribution in [1.29, 1.82) is 0 Å². The predicted molar refractivity (Wildman–Crippen MR) is 66.9 cm³/mol. The van der Waals surface area contributed by atoms with Crippen LogP contribution in [0.3, 0.4) is 0 Å². The van der Waals surface area contributed by atoms with Crippen molar-refractivity contribution in [2.75, 3.05) is 6.54 Å². The highest BCUT2D eigenvalue weighted by atomic mass is 127. The molecule has 1 aliphatic rings. The fraction of sp³-hybridized carbons (Fsp3) is 0.600. The Morgan fingerprint density at radius 3 is 3.20 bits per heavy atom. The maximum atomic E-state index is 11.7. The standard InChI is InChI=1S/C10H14IN3O/c11-9-5-12-7-14(10(9)15)6-8-3-1-2-4-13-8/h5,7-8,13H,1-4,6H2. The van der Waals surface area contributed by atoms with Gasteiger partial charge in [0.2, 0.25) is 0 Å². The summed E-state index contributed by atoms with van der Waals surface area (Å²) in [6.45, 7) is 1.81. The van der Waals surface area contributed by atoms with Crippen LogP contribution in [-0.2, 0) is 6.54 Å². The second-order valence-electron chi connectivity index (χ2n) is 3.85. The first-order chi connectivity index (χ1) is 7.27. The maximum absolute atomic E-state index is 11.7. The Kier molecular flexibility index (Phi) is 3.74. The lowest BCUT2D eigenvalue weighted by molar-refractivity contribution is 0.358. The van der Waals surface area contributed by atoms with Gasteiger partial charge in [0.05, 0.1) is 9.90 Å². The molecule has 1 fully saturated rings. The van der Waals surface area contributed by atoms with Crippen molar-refractivity contribution in [3.05, 3.63) is 26.4 Å². The number of nitrogens with zero attached hydrogens (tertiary/aromatic N) is 2. The lowest BCUT2D eigenvalue weighted by atomic mass is 10.1. The normalized spacial score (nSPS) is 21.5. The van der Waals surface area contributed by atoms with Gasteiger partial charge in [0.25, 0.3) is 5.56 Å². The van der Waals surface area contributed by atoms with Crippen molar-refractivity contribution in [2.45, 2.75) is 31.8 Å². The Bertz CT molecular complexity index is 384. The molecule has 0 bridgehead atoms. The van der Waals surface area contributed by atoms with E-state index in [1.165, 1.54) is 12.8 Å². The highest BCUT2D eigenvalue weighted by Crippen LogP contribution is 2.08. The first-order valence-electron chi connectivity index (χ1n) is 5.20. The van der Waals surface area contributed by atoms with E-state index in [1.807, 2.05) is 22.6 Å². The molecule has 0 saturated carbocycles. The summed E-state index contributed by atoms with van der Waals surface area (Å²) in [5.41, 5.74) is 0.0676. The molecule has 1 saturated heterocycles. The smallest absolute Gasteiger partial charge is 0.266 e. The van der Waals surface area contributed by atoms with E-state index in [4.69, 9.17) is 0 Å². The largest absolute Gasteiger partial charge is 0.312 e. The van der Waals surface area contributed by atoms with Gasteiger partial charge in [-0.05, 0) is 42.0 Å². The summed E-state index contributed by atoms with van der Waals surface area (Å²) >= 11 is 2.03. The van der Waals surface area contributed by atoms with Crippen LogP contribution in [0.1, 0.15) is 19.3 Å². The van der Waals surface area contributed by atoms with Gasteiger partial charge in [0, 0.05) is 18.8 Å². The molecule has 4 nitrogen and oxygen atoms in total. The molecule has 15 heavy (non-hydrogen) atoms. The molecule has 2 rings (SSSR count). The Labute approximate surface area is 102 Å². The zero-order valence-corrected chi connectivity index (χ0v) is 10.6. The molecule has 0 radical (unpaired) electrons. The quantitative estimate of drug-likeness (QED) is 0.827. The number of nitrogens with one attached hydrogen (secondary N) is 1. The van der Waals surface area contributed by atoms with E-state index in [-0.39, 0.29) is 5.56 Å². The second kappa shape index (κ2) is 5.07. The van der Waals surface area contributed by atoms with E-state index in [9.17, 15) is 4.79 Å². The number of hydrogen-bond donors (Lipinski definition) is 1. The molecule has 0 spiro atoms. The molecule has 1 aromatic heterocycles. The molecular formula is C10H14IN3O. The van der Waals surface area contributed by atoms with Crippen molar-refractivity contribution in [2.24, 2.45) is 0 Å². The average molecular weight is 319 g/mol. The Balaban J connectivity index is 2.09. The Morgan fingerprint density at radius 1 is 1.60 bits per heavy atom. The van der Waals surface area contributed by atoms with Gasteiger partial charge in [-0.25, -0.2) is 4.98 Å². The molecule has 1 N–H and O–H groups in total. The molecule has 5 heteroatoms. The first-order valence-corrected chi connectivity index (χ1v) is 6.28. The Morgan fingerprint density at radius 2 is 2.47 bits per heavy atom. The van der Waals surface area contributed by atoms with Crippen LogP contribution in [0.15, 0.2) is 17.3 Å². The summed E-state index contributed by atoms with van der Waals surface area (Å²) in [7, 11) is 0. The van der Waals surface area contributed by atoms with E-state index in [0.29, 0.717) is 9.61 Å². The second-order valence-corrected chi connectivity index (χ2v) is 5.01. The zero-order chi connectivity index (χ0) is 10.7. The van der Waals surface area contributed by atoms with Crippen LogP contribution < -0.4 is 10.9 Å². The third-order valence-corrected chi connectivity index (χ3v) is 3.43. The molecular weight excluding hydrogens is 305 g/mol. The molecule has 1 atom stereocenters. The number of piperidine rings is 1. The van der Waals surface area contributed by atoms with Gasteiger partial charge in [0.1, 0.15) is 0 Å². The van der Waals surface area contributed by atoms with Gasteiger partial charge in [0.15, 0.2) is 0 Å². The molecule has 1 unspecified atom stereocenters. The lowest BCUT2D eigenvalue weighted by Gasteiger charge is -2.23. The average Bonchev–Trinajstić information content (AvgIpc) is 2.26. The minimum atomic E-state index is 0.0676. The summed E-state index contributed by atoms with van der Waals surface area (Å²) in [6, 6.07) is 0.427. The SMILES string of the molecule is O=c1c(I)cncn1CC1CCCCN1.